The van der Waals surface area contributed by atoms with E-state index < -0.39 is 210 Å². The second-order valence-corrected chi connectivity index (χ2v) is 38.0. The molecule has 4 aliphatic heterocycles. The minimum absolute atomic E-state index is 0.0359. The number of amides is 4. The average molecular weight is 1670 g/mol. The first-order valence-corrected chi connectivity index (χ1v) is 42.6. The lowest BCUT2D eigenvalue weighted by Crippen LogP contribution is -2.49. The number of allylic oxidation sites excluding steroid dienone is 4. The number of alkyl halides is 6. The zero-order chi connectivity index (χ0) is 89.8. The SMILES string of the molecule is [2H]C([2H])([2H])C1(S(=O)(=O)NC(=O)[C@]23CC(=O)[C@@H]4C[C@@H](Oc5ncc(OC)c6ccccc56)CN4C(=O)[C@@H](CC(=O)OC(C)(C)C(F)(F)F)[C@H](CC)C[C@@H](C)CC/C=C\[C@@H]2C3)CC1.[2H]C([2H])([2H])C1(S(=O)(=O)NC(=O)[C@]23CC(=O)[C@@H]4C[C@@H](Oc5ncc(OC)c6ccccc56)CN4C(=O)[C@@H](CC(=O)OC(C)(C)C(F)(F)F)[C@H](CC)C[C@H](C)CC/C=C\[C@@H]2C3)CC1. The predicted molar refractivity (Wildman–Crippen MR) is 416 cm³/mol. The largest absolute Gasteiger partial charge is 0.494 e. The second kappa shape index (κ2) is 33.8. The van der Waals surface area contributed by atoms with Crippen LogP contribution in [0.5, 0.6) is 23.3 Å². The summed E-state index contributed by atoms with van der Waals surface area (Å²) in [6.07, 6.45) is -0.695. The first-order chi connectivity index (χ1) is 56.8. The highest BCUT2D eigenvalue weighted by Crippen LogP contribution is 2.60. The molecule has 24 nitrogen and oxygen atoms in total. The Morgan fingerprint density at radius 3 is 1.23 bits per heavy atom. The molecule has 14 atom stereocenters. The van der Waals surface area contributed by atoms with Crippen molar-refractivity contribution >= 4 is 88.7 Å². The van der Waals surface area contributed by atoms with Gasteiger partial charge in [0.25, 0.3) is 0 Å². The highest BCUT2D eigenvalue weighted by molar-refractivity contribution is 7.92. The van der Waals surface area contributed by atoms with E-state index in [1.807, 2.05) is 49.3 Å². The number of nitrogens with zero attached hydrogens (tertiary/aromatic N) is 4. The van der Waals surface area contributed by atoms with Gasteiger partial charge in [0.2, 0.25) is 66.6 Å². The number of carbonyl (C=O) groups is 8. The molecule has 32 heteroatoms. The Kier molecular flexibility index (Phi) is 23.3. The van der Waals surface area contributed by atoms with Gasteiger partial charge in [-0.25, -0.2) is 26.8 Å². The Bertz CT molecular complexity index is 4660. The topological polar surface area (TPSA) is 317 Å². The number of rotatable bonds is 20. The molecule has 0 unspecified atom stereocenters. The highest BCUT2D eigenvalue weighted by atomic mass is 32.2. The molecule has 2 N–H and O–H groups in total. The van der Waals surface area contributed by atoms with Crippen LogP contribution in [0.2, 0.25) is 0 Å². The predicted octanol–water partition coefficient (Wildman–Crippen LogP) is 13.7. The van der Waals surface area contributed by atoms with Crippen LogP contribution in [-0.2, 0) is 67.9 Å². The lowest BCUT2D eigenvalue weighted by Gasteiger charge is -2.34. The summed E-state index contributed by atoms with van der Waals surface area (Å²) in [7, 11) is -6.44. The first-order valence-electron chi connectivity index (χ1n) is 42.7. The number of aromatic nitrogens is 2. The van der Waals surface area contributed by atoms with Crippen molar-refractivity contribution in [2.75, 3.05) is 27.3 Å². The summed E-state index contributed by atoms with van der Waals surface area (Å²) in [5.41, 5.74) is -8.87. The summed E-state index contributed by atoms with van der Waals surface area (Å²) in [5, 5.41) is 2.51. The number of pyridine rings is 2. The number of nitrogens with one attached hydrogen (secondary N) is 2. The highest BCUT2D eigenvalue weighted by Gasteiger charge is 2.65. The Morgan fingerprint density at radius 2 is 0.914 bits per heavy atom. The molecular formula is C84H108F6N6O18S2. The fraction of sp³-hybridized carbons (Fsp3) is 0.643. The molecule has 12 rings (SSSR count). The molecule has 2 aromatic carbocycles. The minimum Gasteiger partial charge on any atom is -0.494 e. The van der Waals surface area contributed by atoms with Crippen molar-refractivity contribution in [2.24, 2.45) is 58.2 Å². The zero-order valence-corrected chi connectivity index (χ0v) is 68.4. The molecule has 4 saturated carbocycles. The molecule has 6 heterocycles. The number of Topliss-reactive ketones (excluding diaryl/α,β-unsaturated/α-hetero) is 2. The lowest BCUT2D eigenvalue weighted by molar-refractivity contribution is -0.257. The van der Waals surface area contributed by atoms with E-state index in [2.05, 4.69) is 9.97 Å². The van der Waals surface area contributed by atoms with Gasteiger partial charge in [-0.2, -0.15) is 26.3 Å². The van der Waals surface area contributed by atoms with Gasteiger partial charge >= 0.3 is 24.3 Å². The van der Waals surface area contributed by atoms with Crippen molar-refractivity contribution < 1.29 is 118 Å². The van der Waals surface area contributed by atoms with Gasteiger partial charge in [-0.3, -0.25) is 47.8 Å². The number of hydrogen-bond donors (Lipinski definition) is 2. The fourth-order valence-corrected chi connectivity index (χ4v) is 19.3. The van der Waals surface area contributed by atoms with Crippen LogP contribution in [0, 0.1) is 58.2 Å². The van der Waals surface area contributed by atoms with Crippen LogP contribution in [0.4, 0.5) is 26.3 Å². The molecule has 4 aromatic rings. The number of esters is 2. The van der Waals surface area contributed by atoms with E-state index in [1.165, 1.54) is 36.4 Å². The molecular weight excluding hydrogens is 1560 g/mol. The van der Waals surface area contributed by atoms with Crippen molar-refractivity contribution in [3.63, 3.8) is 0 Å². The van der Waals surface area contributed by atoms with Gasteiger partial charge in [-0.1, -0.05) is 101 Å². The molecule has 2 saturated heterocycles. The zero-order valence-electron chi connectivity index (χ0n) is 72.8. The van der Waals surface area contributed by atoms with Crippen LogP contribution in [0.25, 0.3) is 21.5 Å². The van der Waals surface area contributed by atoms with Gasteiger partial charge < -0.3 is 38.2 Å². The monoisotopic (exact) mass is 1670 g/mol. The number of ether oxygens (including phenoxy) is 6. The lowest BCUT2D eigenvalue weighted by atomic mass is 9.79. The van der Waals surface area contributed by atoms with Gasteiger partial charge in [-0.05, 0) is 166 Å². The van der Waals surface area contributed by atoms with E-state index >= 15 is 9.59 Å². The summed E-state index contributed by atoms with van der Waals surface area (Å²) in [6, 6.07) is 11.7. The Morgan fingerprint density at radius 1 is 0.560 bits per heavy atom. The smallest absolute Gasteiger partial charge is 0.427 e. The van der Waals surface area contributed by atoms with E-state index in [0.717, 1.165) is 27.7 Å². The third-order valence-electron chi connectivity index (χ3n) is 24.8. The number of methoxy groups -OCH3 is 2. The average Bonchev–Trinajstić information content (AvgIpc) is 1.55. The van der Waals surface area contributed by atoms with E-state index in [1.54, 1.807) is 60.7 Å². The normalized spacial score (nSPS) is 30.6. The first kappa shape index (κ1) is 80.0. The minimum atomic E-state index is -4.90. The van der Waals surface area contributed by atoms with Crippen LogP contribution in [0.15, 0.2) is 85.2 Å². The Balaban J connectivity index is 0.000000238. The third-order valence-corrected chi connectivity index (χ3v) is 28.6. The maximum Gasteiger partial charge on any atom is 0.427 e. The van der Waals surface area contributed by atoms with Crippen molar-refractivity contribution in [1.82, 2.24) is 29.2 Å². The Hall–Kier alpha value is -8.42. The van der Waals surface area contributed by atoms with Crippen molar-refractivity contribution in [3.8, 4) is 23.3 Å². The van der Waals surface area contributed by atoms with Crippen molar-refractivity contribution in [3.05, 3.63) is 85.2 Å². The summed E-state index contributed by atoms with van der Waals surface area (Å²) in [5.74, 6) is -10.4. The molecule has 8 aliphatic rings. The van der Waals surface area contributed by atoms with Crippen LogP contribution < -0.4 is 28.4 Å². The van der Waals surface area contributed by atoms with Crippen molar-refractivity contribution in [2.45, 2.75) is 255 Å². The second-order valence-electron chi connectivity index (χ2n) is 34.0. The van der Waals surface area contributed by atoms with Gasteiger partial charge in [0.1, 0.15) is 23.7 Å². The van der Waals surface area contributed by atoms with Crippen LogP contribution in [0.1, 0.15) is 206 Å². The number of carbonyl (C=O) groups excluding carboxylic acids is 8. The Labute approximate surface area is 681 Å². The molecule has 0 radical (unpaired) electrons. The number of sulfonamides is 2. The van der Waals surface area contributed by atoms with E-state index in [4.69, 9.17) is 36.6 Å². The van der Waals surface area contributed by atoms with Gasteiger partial charge in [0, 0.05) is 55.5 Å². The maximum atomic E-state index is 15.0. The molecule has 2 aromatic heterocycles. The molecule has 4 aliphatic carbocycles. The standard InChI is InChI=1S/2C42H54F3N3O9S/c2*1-7-26-18-25(2)12-8-9-13-27-21-41(27,38(52)47-58(53,54)40(5)16-17-40)22-33(49)32-19-28(56-36-30-15-11-10-14-29(30)34(55-6)23-46-36)24-48(32)37(51)31(26)20-35(50)57-39(3,4)42(43,44)45/h2*9-11,13-15,23,25-28,31-32H,7-8,12,16-22,24H2,1-6H3,(H,47,52)/b2*13-9-/t25-,26+,27+,28+,31-,32-,41+;25-,26-,27-,28-,31+,32+,41-/m01/s1/i2*5D3. The molecule has 6 fully saturated rings. The summed E-state index contributed by atoms with van der Waals surface area (Å²) < 4.78 is 218. The molecule has 636 valence electrons. The van der Waals surface area contributed by atoms with Gasteiger partial charge in [0.15, 0.2) is 11.6 Å². The summed E-state index contributed by atoms with van der Waals surface area (Å²) in [6.45, 7) is 4.24. The number of halogens is 6. The summed E-state index contributed by atoms with van der Waals surface area (Å²) in [4.78, 5) is 126. The molecule has 0 spiro atoms. The number of fused-ring (bicyclic) bond motifs is 6. The summed E-state index contributed by atoms with van der Waals surface area (Å²) >= 11 is 0. The van der Waals surface area contributed by atoms with Crippen LogP contribution in [-0.4, -0.2) is 168 Å². The van der Waals surface area contributed by atoms with E-state index in [0.29, 0.717) is 84.4 Å². The third kappa shape index (κ3) is 18.8. The van der Waals surface area contributed by atoms with E-state index in [9.17, 15) is 71.9 Å². The molecule has 116 heavy (non-hydrogen) atoms. The van der Waals surface area contributed by atoms with Gasteiger partial charge in [0.05, 0.1) is 96.8 Å². The molecule has 0 bridgehead atoms. The number of benzene rings is 2. The van der Waals surface area contributed by atoms with Crippen molar-refractivity contribution in [1.29, 1.82) is 0 Å². The molecule has 4 amide bonds. The van der Waals surface area contributed by atoms with Crippen LogP contribution >= 0.6 is 0 Å². The number of hydrogen-bond acceptors (Lipinski definition) is 20. The number of ketones is 2. The van der Waals surface area contributed by atoms with Crippen LogP contribution in [0.3, 0.4) is 0 Å². The van der Waals surface area contributed by atoms with E-state index in [-0.39, 0.29) is 88.1 Å². The van der Waals surface area contributed by atoms with Gasteiger partial charge in [-0.15, -0.1) is 0 Å². The maximum absolute atomic E-state index is 15.0. The quantitative estimate of drug-likeness (QED) is 0.0472. The fourth-order valence-electron chi connectivity index (χ4n) is 16.7.